The molecular weight excluding hydrogens is 401 g/mol. The fourth-order valence-corrected chi connectivity index (χ4v) is 3.50. The minimum absolute atomic E-state index is 0.0531. The number of benzene rings is 1. The van der Waals surface area contributed by atoms with Crippen molar-refractivity contribution in [3.63, 3.8) is 0 Å². The molecule has 0 amide bonds. The molecule has 1 aliphatic rings. The molecule has 2 heterocycles. The standard InChI is InChI=1S/C21H28BN3O6/c1-19(2,3)17(18(26)27)24-12-15(22-30-20(4,5)21(6,7)31-22)16(23-24)13-8-10-14(11-9-13)25(28)29/h8-12,17H,1-7H3,(H,26,27)/p-1. The van der Waals surface area contributed by atoms with E-state index in [9.17, 15) is 20.0 Å². The molecule has 1 aromatic carbocycles. The van der Waals surface area contributed by atoms with Crippen LogP contribution in [0.15, 0.2) is 30.5 Å². The van der Waals surface area contributed by atoms with Gasteiger partial charge in [0, 0.05) is 29.4 Å². The van der Waals surface area contributed by atoms with Gasteiger partial charge in [-0.15, -0.1) is 0 Å². The van der Waals surface area contributed by atoms with Crippen molar-refractivity contribution in [3.05, 3.63) is 40.6 Å². The second kappa shape index (κ2) is 7.46. The van der Waals surface area contributed by atoms with Crippen LogP contribution in [0, 0.1) is 15.5 Å². The van der Waals surface area contributed by atoms with Crippen molar-refractivity contribution in [3.8, 4) is 11.3 Å². The lowest BCUT2D eigenvalue weighted by molar-refractivity contribution is -0.384. The predicted octanol–water partition coefficient (Wildman–Crippen LogP) is 2.09. The second-order valence-corrected chi connectivity index (χ2v) is 9.89. The normalized spacial score (nSPS) is 18.7. The number of carboxylic acids is 1. The van der Waals surface area contributed by atoms with Gasteiger partial charge in [-0.1, -0.05) is 20.8 Å². The summed E-state index contributed by atoms with van der Waals surface area (Å²) in [6, 6.07) is 4.86. The van der Waals surface area contributed by atoms with Crippen molar-refractivity contribution >= 4 is 24.2 Å². The van der Waals surface area contributed by atoms with Gasteiger partial charge in [0.1, 0.15) is 0 Å². The lowest BCUT2D eigenvalue weighted by Crippen LogP contribution is -2.41. The van der Waals surface area contributed by atoms with Crippen LogP contribution in [0.25, 0.3) is 11.3 Å². The first kappa shape index (κ1) is 23.0. The van der Waals surface area contributed by atoms with E-state index in [2.05, 4.69) is 5.10 Å². The Morgan fingerprint density at radius 3 is 2.06 bits per heavy atom. The number of aliphatic carboxylic acids is 1. The number of non-ortho nitro benzene ring substituents is 1. The van der Waals surface area contributed by atoms with Gasteiger partial charge in [-0.05, 0) is 45.2 Å². The van der Waals surface area contributed by atoms with E-state index >= 15 is 0 Å². The third-order valence-electron chi connectivity index (χ3n) is 5.93. The highest BCUT2D eigenvalue weighted by Gasteiger charge is 2.53. The molecule has 1 atom stereocenters. The van der Waals surface area contributed by atoms with Gasteiger partial charge in [-0.25, -0.2) is 0 Å². The maximum absolute atomic E-state index is 11.9. The molecular formula is C21H27BN3O6-. The lowest BCUT2D eigenvalue weighted by atomic mass is 9.78. The molecule has 1 saturated heterocycles. The Morgan fingerprint density at radius 2 is 1.65 bits per heavy atom. The Balaban J connectivity index is 2.15. The summed E-state index contributed by atoms with van der Waals surface area (Å²) in [5.41, 5.74) is -0.381. The molecule has 9 nitrogen and oxygen atoms in total. The molecule has 0 N–H and O–H groups in total. The average Bonchev–Trinajstić information content (AvgIpc) is 3.12. The van der Waals surface area contributed by atoms with E-state index in [0.29, 0.717) is 16.7 Å². The first-order valence-electron chi connectivity index (χ1n) is 10.0. The second-order valence-electron chi connectivity index (χ2n) is 9.89. The molecule has 1 aliphatic heterocycles. The van der Waals surface area contributed by atoms with Crippen molar-refractivity contribution < 1.29 is 24.1 Å². The maximum atomic E-state index is 11.9. The summed E-state index contributed by atoms with van der Waals surface area (Å²) in [4.78, 5) is 22.5. The Labute approximate surface area is 181 Å². The molecule has 166 valence electrons. The minimum Gasteiger partial charge on any atom is -0.548 e. The van der Waals surface area contributed by atoms with Gasteiger partial charge in [-0.2, -0.15) is 5.10 Å². The monoisotopic (exact) mass is 428 g/mol. The number of carbonyl (C=O) groups is 1. The van der Waals surface area contributed by atoms with E-state index in [1.165, 1.54) is 16.8 Å². The quantitative estimate of drug-likeness (QED) is 0.406. The predicted molar refractivity (Wildman–Crippen MR) is 114 cm³/mol. The van der Waals surface area contributed by atoms with Crippen molar-refractivity contribution in [2.24, 2.45) is 5.41 Å². The number of hydrogen-bond donors (Lipinski definition) is 0. The topological polar surface area (TPSA) is 120 Å². The highest BCUT2D eigenvalue weighted by Crippen LogP contribution is 2.38. The van der Waals surface area contributed by atoms with E-state index in [1.54, 1.807) is 39.1 Å². The summed E-state index contributed by atoms with van der Waals surface area (Å²) in [6.07, 6.45) is 1.60. The number of hydrogen-bond acceptors (Lipinski definition) is 7. The molecule has 3 rings (SSSR count). The molecule has 1 fully saturated rings. The number of nitro groups is 1. The van der Waals surface area contributed by atoms with Crippen LogP contribution < -0.4 is 10.6 Å². The summed E-state index contributed by atoms with van der Waals surface area (Å²) >= 11 is 0. The third kappa shape index (κ3) is 4.22. The van der Waals surface area contributed by atoms with Crippen LogP contribution in [-0.2, 0) is 14.1 Å². The van der Waals surface area contributed by atoms with Crippen molar-refractivity contribution in [2.45, 2.75) is 65.7 Å². The number of nitrogens with zero attached hydrogens (tertiary/aromatic N) is 3. The van der Waals surface area contributed by atoms with Crippen LogP contribution in [0.5, 0.6) is 0 Å². The molecule has 10 heteroatoms. The van der Waals surface area contributed by atoms with Gasteiger partial charge >= 0.3 is 7.12 Å². The van der Waals surface area contributed by atoms with Gasteiger partial charge in [0.25, 0.3) is 5.69 Å². The van der Waals surface area contributed by atoms with Crippen molar-refractivity contribution in [1.29, 1.82) is 0 Å². The fourth-order valence-electron chi connectivity index (χ4n) is 3.50. The number of rotatable bonds is 5. The molecule has 0 saturated carbocycles. The molecule has 0 spiro atoms. The Bertz CT molecular complexity index is 991. The molecule has 2 aromatic rings. The first-order valence-corrected chi connectivity index (χ1v) is 10.0. The zero-order valence-electron chi connectivity index (χ0n) is 18.8. The Morgan fingerprint density at radius 1 is 1.13 bits per heavy atom. The highest BCUT2D eigenvalue weighted by atomic mass is 16.7. The average molecular weight is 428 g/mol. The largest absolute Gasteiger partial charge is 0.548 e. The highest BCUT2D eigenvalue weighted by molar-refractivity contribution is 6.63. The maximum Gasteiger partial charge on any atom is 0.498 e. The molecule has 0 bridgehead atoms. The van der Waals surface area contributed by atoms with Crippen LogP contribution in [0.4, 0.5) is 5.69 Å². The number of carboxylic acid groups (broad SMARTS) is 1. The smallest absolute Gasteiger partial charge is 0.498 e. The number of carbonyl (C=O) groups excluding carboxylic acids is 1. The molecule has 1 unspecified atom stereocenters. The summed E-state index contributed by atoms with van der Waals surface area (Å²) in [5.74, 6) is -1.26. The van der Waals surface area contributed by atoms with Crippen LogP contribution in [0.2, 0.25) is 0 Å². The van der Waals surface area contributed by atoms with E-state index in [0.717, 1.165) is 0 Å². The Hall–Kier alpha value is -2.72. The zero-order valence-corrected chi connectivity index (χ0v) is 18.8. The van der Waals surface area contributed by atoms with E-state index < -0.39 is 40.7 Å². The van der Waals surface area contributed by atoms with Gasteiger partial charge in [0.05, 0.1) is 33.8 Å². The zero-order chi connectivity index (χ0) is 23.4. The molecule has 31 heavy (non-hydrogen) atoms. The summed E-state index contributed by atoms with van der Waals surface area (Å²) < 4.78 is 13.7. The molecule has 0 radical (unpaired) electrons. The first-order chi connectivity index (χ1) is 14.1. The van der Waals surface area contributed by atoms with Gasteiger partial charge in [0.15, 0.2) is 0 Å². The Kier molecular flexibility index (Phi) is 5.52. The lowest BCUT2D eigenvalue weighted by Gasteiger charge is -2.32. The number of aromatic nitrogens is 2. The van der Waals surface area contributed by atoms with Crippen molar-refractivity contribution in [1.82, 2.24) is 9.78 Å². The molecule has 1 aromatic heterocycles. The van der Waals surface area contributed by atoms with Crippen LogP contribution in [0.1, 0.15) is 54.5 Å². The summed E-state index contributed by atoms with van der Waals surface area (Å²) in [7, 11) is -0.786. The summed E-state index contributed by atoms with van der Waals surface area (Å²) in [5, 5.41) is 27.5. The van der Waals surface area contributed by atoms with Gasteiger partial charge in [0.2, 0.25) is 0 Å². The minimum atomic E-state index is -1.26. The van der Waals surface area contributed by atoms with E-state index in [-0.39, 0.29) is 5.69 Å². The molecule has 0 aliphatic carbocycles. The number of nitro benzene ring substituents is 1. The fraction of sp³-hybridized carbons (Fsp3) is 0.524. The van der Waals surface area contributed by atoms with Gasteiger partial charge in [-0.3, -0.25) is 14.8 Å². The van der Waals surface area contributed by atoms with Crippen molar-refractivity contribution in [2.75, 3.05) is 0 Å². The van der Waals surface area contributed by atoms with E-state index in [4.69, 9.17) is 9.31 Å². The van der Waals surface area contributed by atoms with Crippen LogP contribution in [-0.4, -0.2) is 39.0 Å². The van der Waals surface area contributed by atoms with Crippen LogP contribution >= 0.6 is 0 Å². The van der Waals surface area contributed by atoms with Gasteiger partial charge < -0.3 is 19.2 Å². The van der Waals surface area contributed by atoms with Crippen LogP contribution in [0.3, 0.4) is 0 Å². The SMILES string of the molecule is CC(C)(C)C(C(=O)[O-])n1cc(B2OC(C)(C)C(C)(C)O2)c(-c2ccc([N+](=O)[O-])cc2)n1. The third-order valence-corrected chi connectivity index (χ3v) is 5.93. The van der Waals surface area contributed by atoms with E-state index in [1.807, 2.05) is 27.7 Å². The summed E-state index contributed by atoms with van der Waals surface area (Å²) in [6.45, 7) is 13.0.